The second-order valence-electron chi connectivity index (χ2n) is 8.38. The Morgan fingerprint density at radius 2 is 1.53 bits per heavy atom. The summed E-state index contributed by atoms with van der Waals surface area (Å²) in [5.74, 6) is -1.95. The second-order valence-corrected chi connectivity index (χ2v) is 8.38. The molecule has 180 valence electrons. The van der Waals surface area contributed by atoms with Crippen LogP contribution in [0.1, 0.15) is 52.4 Å². The number of carbonyl (C=O) groups is 1. The van der Waals surface area contributed by atoms with Gasteiger partial charge >= 0.3 is 25.4 Å². The van der Waals surface area contributed by atoms with Crippen LogP contribution in [-0.2, 0) is 18.8 Å². The summed E-state index contributed by atoms with van der Waals surface area (Å²) in [6.45, 7) is 9.00. The van der Waals surface area contributed by atoms with Gasteiger partial charge in [-0.2, -0.15) is 22.0 Å². The third kappa shape index (κ3) is 5.89. The molecule has 0 spiro atoms. The smallest absolute Gasteiger partial charge is 0.466 e. The molecule has 1 saturated heterocycles. The third-order valence-electron chi connectivity index (χ3n) is 5.44. The van der Waals surface area contributed by atoms with E-state index in [1.54, 1.807) is 6.92 Å². The first-order valence-electron chi connectivity index (χ1n) is 9.89. The zero-order valence-electron chi connectivity index (χ0n) is 18.3. The maximum absolute atomic E-state index is 13.5. The Labute approximate surface area is 182 Å². The standard InChI is InChI=1S/C20H25BF6O5/c1-6-29-15(28)11-14(21-31-17(2,3)18(4,5)32-21)12-7-9-13(10-8-12)30-20(26,27)16(22)19(23,24)25/h7-10,14,16H,6,11H2,1-5H3/t14?,16-/m1/s1. The first kappa shape index (κ1) is 26.3. The molecule has 0 amide bonds. The van der Waals surface area contributed by atoms with Gasteiger partial charge in [0.15, 0.2) is 0 Å². The molecule has 0 bridgehead atoms. The number of halogens is 6. The molecule has 0 saturated carbocycles. The van der Waals surface area contributed by atoms with Crippen molar-refractivity contribution in [3.05, 3.63) is 29.8 Å². The summed E-state index contributed by atoms with van der Waals surface area (Å²) in [5.41, 5.74) is -1.04. The minimum atomic E-state index is -5.79. The van der Waals surface area contributed by atoms with Crippen molar-refractivity contribution in [1.82, 2.24) is 0 Å². The Hall–Kier alpha value is -1.95. The predicted octanol–water partition coefficient (Wildman–Crippen LogP) is 5.23. The number of carbonyl (C=O) groups excluding carboxylic acids is 1. The molecule has 1 unspecified atom stereocenters. The predicted molar refractivity (Wildman–Crippen MR) is 103 cm³/mol. The van der Waals surface area contributed by atoms with E-state index >= 15 is 0 Å². The van der Waals surface area contributed by atoms with Crippen LogP contribution >= 0.6 is 0 Å². The van der Waals surface area contributed by atoms with Gasteiger partial charge in [0.05, 0.1) is 24.2 Å². The Morgan fingerprint density at radius 1 is 1.03 bits per heavy atom. The molecule has 0 radical (unpaired) electrons. The van der Waals surface area contributed by atoms with E-state index in [1.807, 2.05) is 27.7 Å². The lowest BCUT2D eigenvalue weighted by Crippen LogP contribution is -2.45. The van der Waals surface area contributed by atoms with Gasteiger partial charge in [-0.3, -0.25) is 4.79 Å². The Kier molecular flexibility index (Phi) is 7.50. The summed E-state index contributed by atoms with van der Waals surface area (Å²) in [6, 6.07) is 4.44. The number of hydrogen-bond donors (Lipinski definition) is 0. The van der Waals surface area contributed by atoms with Gasteiger partial charge in [0, 0.05) is 5.82 Å². The molecule has 12 heteroatoms. The van der Waals surface area contributed by atoms with E-state index < -0.39 is 54.3 Å². The van der Waals surface area contributed by atoms with Gasteiger partial charge in [0.2, 0.25) is 0 Å². The maximum atomic E-state index is 13.5. The van der Waals surface area contributed by atoms with Crippen molar-refractivity contribution in [3.8, 4) is 5.75 Å². The average Bonchev–Trinajstić information content (AvgIpc) is 2.86. The minimum Gasteiger partial charge on any atom is -0.466 e. The highest BCUT2D eigenvalue weighted by Crippen LogP contribution is 2.42. The number of rotatable bonds is 8. The van der Waals surface area contributed by atoms with Gasteiger partial charge < -0.3 is 18.8 Å². The summed E-state index contributed by atoms with van der Waals surface area (Å²) in [6.07, 6.45) is -15.6. The van der Waals surface area contributed by atoms with Crippen LogP contribution in [0.4, 0.5) is 26.3 Å². The topological polar surface area (TPSA) is 54.0 Å². The first-order valence-corrected chi connectivity index (χ1v) is 9.89. The van der Waals surface area contributed by atoms with Crippen LogP contribution in [0.3, 0.4) is 0 Å². The summed E-state index contributed by atoms with van der Waals surface area (Å²) >= 11 is 0. The Morgan fingerprint density at radius 3 is 1.97 bits per heavy atom. The quantitative estimate of drug-likeness (QED) is 0.296. The average molecular weight is 470 g/mol. The molecule has 0 aromatic heterocycles. The lowest BCUT2D eigenvalue weighted by Gasteiger charge is -2.32. The fraction of sp³-hybridized carbons (Fsp3) is 0.650. The summed E-state index contributed by atoms with van der Waals surface area (Å²) in [7, 11) is -0.891. The monoisotopic (exact) mass is 470 g/mol. The number of hydrogen-bond acceptors (Lipinski definition) is 5. The fourth-order valence-corrected chi connectivity index (χ4v) is 3.01. The molecule has 1 heterocycles. The van der Waals surface area contributed by atoms with Crippen molar-refractivity contribution in [3.63, 3.8) is 0 Å². The van der Waals surface area contributed by atoms with Crippen molar-refractivity contribution in [2.24, 2.45) is 0 Å². The molecule has 1 aromatic rings. The molecule has 1 aliphatic heterocycles. The molecule has 32 heavy (non-hydrogen) atoms. The largest absolute Gasteiger partial charge is 0.466 e. The molecule has 5 nitrogen and oxygen atoms in total. The molecular weight excluding hydrogens is 445 g/mol. The Bertz CT molecular complexity index is 781. The molecule has 0 N–H and O–H groups in total. The van der Waals surface area contributed by atoms with Crippen LogP contribution in [0.15, 0.2) is 24.3 Å². The minimum absolute atomic E-state index is 0.139. The van der Waals surface area contributed by atoms with E-state index in [4.69, 9.17) is 14.0 Å². The zero-order chi connectivity index (χ0) is 24.5. The maximum Gasteiger partial charge on any atom is 0.466 e. The number of benzene rings is 1. The van der Waals surface area contributed by atoms with Crippen LogP contribution in [-0.4, -0.2) is 49.4 Å². The number of ether oxygens (including phenoxy) is 2. The second kappa shape index (κ2) is 9.13. The van der Waals surface area contributed by atoms with E-state index in [9.17, 15) is 31.1 Å². The summed E-state index contributed by atoms with van der Waals surface area (Å²) in [4.78, 5) is 12.1. The molecule has 1 aliphatic rings. The number of esters is 1. The SMILES string of the molecule is CCOC(=O)CC(B1OC(C)(C)C(C)(C)O1)c1ccc(OC(F)(F)[C@H](F)C(F)(F)F)cc1. The lowest BCUT2D eigenvalue weighted by atomic mass is 9.66. The van der Waals surface area contributed by atoms with Crippen molar-refractivity contribution in [1.29, 1.82) is 0 Å². The third-order valence-corrected chi connectivity index (χ3v) is 5.44. The highest BCUT2D eigenvalue weighted by Gasteiger charge is 2.59. The van der Waals surface area contributed by atoms with Gasteiger partial charge in [-0.1, -0.05) is 12.1 Å². The lowest BCUT2D eigenvalue weighted by molar-refractivity contribution is -0.304. The fourth-order valence-electron chi connectivity index (χ4n) is 3.01. The summed E-state index contributed by atoms with van der Waals surface area (Å²) < 4.78 is 97.9. The van der Waals surface area contributed by atoms with Gasteiger partial charge in [-0.05, 0) is 52.3 Å². The normalized spacial score (nSPS) is 20.0. The van der Waals surface area contributed by atoms with E-state index in [0.29, 0.717) is 5.56 Å². The van der Waals surface area contributed by atoms with E-state index in [2.05, 4.69) is 4.74 Å². The molecule has 0 aliphatic carbocycles. The molecule has 2 atom stereocenters. The van der Waals surface area contributed by atoms with Crippen molar-refractivity contribution < 1.29 is 49.9 Å². The van der Waals surface area contributed by atoms with Crippen molar-refractivity contribution in [2.75, 3.05) is 6.61 Å². The van der Waals surface area contributed by atoms with E-state index in [1.165, 1.54) is 12.1 Å². The molecule has 1 fully saturated rings. The van der Waals surface area contributed by atoms with Gasteiger partial charge in [0.25, 0.3) is 6.17 Å². The molecular formula is C20H25BF6O5. The Balaban J connectivity index is 2.27. The van der Waals surface area contributed by atoms with Gasteiger partial charge in [-0.25, -0.2) is 4.39 Å². The highest BCUT2D eigenvalue weighted by molar-refractivity contribution is 6.48. The van der Waals surface area contributed by atoms with Gasteiger partial charge in [-0.15, -0.1) is 0 Å². The van der Waals surface area contributed by atoms with E-state index in [-0.39, 0.29) is 13.0 Å². The first-order chi connectivity index (χ1) is 14.5. The zero-order valence-corrected chi connectivity index (χ0v) is 18.3. The van der Waals surface area contributed by atoms with Crippen LogP contribution in [0.5, 0.6) is 5.75 Å². The van der Waals surface area contributed by atoms with Crippen LogP contribution in [0.25, 0.3) is 0 Å². The van der Waals surface area contributed by atoms with Crippen LogP contribution < -0.4 is 4.74 Å². The van der Waals surface area contributed by atoms with Crippen molar-refractivity contribution >= 4 is 13.1 Å². The number of alkyl halides is 6. The van der Waals surface area contributed by atoms with Crippen molar-refractivity contribution in [2.45, 2.75) is 76.5 Å². The summed E-state index contributed by atoms with van der Waals surface area (Å²) in [5, 5.41) is 0. The van der Waals surface area contributed by atoms with Crippen LogP contribution in [0, 0.1) is 0 Å². The molecule has 2 rings (SSSR count). The highest BCUT2D eigenvalue weighted by atomic mass is 19.4. The van der Waals surface area contributed by atoms with Crippen LogP contribution in [0.2, 0.25) is 0 Å². The van der Waals surface area contributed by atoms with E-state index in [0.717, 1.165) is 12.1 Å². The molecule has 1 aromatic carbocycles. The van der Waals surface area contributed by atoms with Gasteiger partial charge in [0.1, 0.15) is 5.75 Å².